The number of hydrogen-bond acceptors (Lipinski definition) is 3. The molecule has 4 heteroatoms. The van der Waals surface area contributed by atoms with Gasteiger partial charge in [0.25, 0.3) is 0 Å². The molecule has 0 unspecified atom stereocenters. The lowest BCUT2D eigenvalue weighted by atomic mass is 10.2. The van der Waals surface area contributed by atoms with Crippen molar-refractivity contribution in [2.45, 2.75) is 6.04 Å². The molecule has 0 saturated carbocycles. The van der Waals surface area contributed by atoms with E-state index in [0.29, 0.717) is 0 Å². The van der Waals surface area contributed by atoms with E-state index in [9.17, 15) is 0 Å². The molecular formula is C9H8BrNS2. The average Bonchev–Trinajstić information content (AvgIpc) is 2.72. The third kappa shape index (κ3) is 2.02. The molecule has 2 aromatic heterocycles. The Labute approximate surface area is 93.3 Å². The summed E-state index contributed by atoms with van der Waals surface area (Å²) in [7, 11) is 0. The summed E-state index contributed by atoms with van der Waals surface area (Å²) < 4.78 is 1.13. The molecule has 2 heterocycles. The molecule has 0 aliphatic carbocycles. The van der Waals surface area contributed by atoms with E-state index in [1.807, 2.05) is 12.1 Å². The van der Waals surface area contributed by atoms with Gasteiger partial charge in [-0.2, -0.15) is 0 Å². The third-order valence-electron chi connectivity index (χ3n) is 1.75. The normalized spacial score (nSPS) is 13.1. The van der Waals surface area contributed by atoms with Crippen molar-refractivity contribution >= 4 is 38.6 Å². The van der Waals surface area contributed by atoms with Crippen LogP contribution in [0.2, 0.25) is 0 Å². The third-order valence-corrected chi connectivity index (χ3v) is 4.41. The topological polar surface area (TPSA) is 26.0 Å². The Hall–Kier alpha value is -0.160. The Morgan fingerprint density at radius 2 is 2.08 bits per heavy atom. The van der Waals surface area contributed by atoms with Crippen molar-refractivity contribution in [3.05, 3.63) is 43.2 Å². The predicted octanol–water partition coefficient (Wildman–Crippen LogP) is 3.62. The van der Waals surface area contributed by atoms with Gasteiger partial charge in [-0.25, -0.2) is 0 Å². The standard InChI is InChI=1S/C9H8BrNS2/c10-8-4-3-7(13-8)9(11)6-2-1-5-12-6/h1-5,9H,11H2/t9-/m0/s1. The van der Waals surface area contributed by atoms with E-state index in [-0.39, 0.29) is 6.04 Å². The van der Waals surface area contributed by atoms with Gasteiger partial charge in [0.1, 0.15) is 0 Å². The highest BCUT2D eigenvalue weighted by molar-refractivity contribution is 9.11. The Bertz CT molecular complexity index is 380. The van der Waals surface area contributed by atoms with Gasteiger partial charge in [0.15, 0.2) is 0 Å². The van der Waals surface area contributed by atoms with Gasteiger partial charge in [-0.1, -0.05) is 6.07 Å². The van der Waals surface area contributed by atoms with Crippen molar-refractivity contribution in [3.8, 4) is 0 Å². The number of rotatable bonds is 2. The second-order valence-electron chi connectivity index (χ2n) is 2.63. The Morgan fingerprint density at radius 3 is 2.62 bits per heavy atom. The van der Waals surface area contributed by atoms with E-state index in [1.54, 1.807) is 22.7 Å². The molecule has 1 atom stereocenters. The minimum Gasteiger partial charge on any atom is -0.319 e. The lowest BCUT2D eigenvalue weighted by Gasteiger charge is -2.05. The van der Waals surface area contributed by atoms with Crippen LogP contribution in [0.25, 0.3) is 0 Å². The van der Waals surface area contributed by atoms with E-state index in [2.05, 4.69) is 33.4 Å². The molecule has 68 valence electrons. The fourth-order valence-corrected chi connectivity index (χ4v) is 3.37. The quantitative estimate of drug-likeness (QED) is 0.889. The maximum Gasteiger partial charge on any atom is 0.0740 e. The molecule has 0 saturated heterocycles. The smallest absolute Gasteiger partial charge is 0.0740 e. The van der Waals surface area contributed by atoms with Crippen LogP contribution in [0.1, 0.15) is 15.8 Å². The van der Waals surface area contributed by atoms with Crippen molar-refractivity contribution in [2.24, 2.45) is 5.73 Å². The molecule has 2 N–H and O–H groups in total. The fraction of sp³-hybridized carbons (Fsp3) is 0.111. The summed E-state index contributed by atoms with van der Waals surface area (Å²) in [5, 5.41) is 2.05. The summed E-state index contributed by atoms with van der Waals surface area (Å²) in [6.45, 7) is 0. The van der Waals surface area contributed by atoms with Gasteiger partial charge in [0.2, 0.25) is 0 Å². The van der Waals surface area contributed by atoms with E-state index in [4.69, 9.17) is 5.73 Å². The Morgan fingerprint density at radius 1 is 1.23 bits per heavy atom. The first-order valence-corrected chi connectivity index (χ1v) is 6.30. The van der Waals surface area contributed by atoms with Crippen LogP contribution in [0.15, 0.2) is 33.4 Å². The van der Waals surface area contributed by atoms with Crippen LogP contribution >= 0.6 is 38.6 Å². The second-order valence-corrected chi connectivity index (χ2v) is 6.11. The summed E-state index contributed by atoms with van der Waals surface area (Å²) in [4.78, 5) is 2.42. The zero-order valence-electron chi connectivity index (χ0n) is 6.74. The minimum absolute atomic E-state index is 0.0382. The van der Waals surface area contributed by atoms with Gasteiger partial charge in [-0.3, -0.25) is 0 Å². The summed E-state index contributed by atoms with van der Waals surface area (Å²) >= 11 is 6.82. The largest absolute Gasteiger partial charge is 0.319 e. The molecule has 0 radical (unpaired) electrons. The number of nitrogens with two attached hydrogens (primary N) is 1. The molecule has 2 aromatic rings. The monoisotopic (exact) mass is 273 g/mol. The molecule has 0 aliphatic heterocycles. The zero-order chi connectivity index (χ0) is 9.26. The molecule has 2 rings (SSSR count). The van der Waals surface area contributed by atoms with Crippen LogP contribution in [0.3, 0.4) is 0 Å². The molecular weight excluding hydrogens is 266 g/mol. The van der Waals surface area contributed by atoms with Crippen LogP contribution in [0.4, 0.5) is 0 Å². The van der Waals surface area contributed by atoms with Crippen LogP contribution in [0, 0.1) is 0 Å². The van der Waals surface area contributed by atoms with Crippen LogP contribution in [-0.4, -0.2) is 0 Å². The van der Waals surface area contributed by atoms with Gasteiger partial charge >= 0.3 is 0 Å². The SMILES string of the molecule is N[C@@H](c1cccs1)c1ccc(Br)s1. The van der Waals surface area contributed by atoms with Crippen molar-refractivity contribution < 1.29 is 0 Å². The van der Waals surface area contributed by atoms with Crippen molar-refractivity contribution in [1.82, 2.24) is 0 Å². The first kappa shape index (κ1) is 9.40. The molecule has 0 aliphatic rings. The summed E-state index contributed by atoms with van der Waals surface area (Å²) in [5.41, 5.74) is 6.07. The van der Waals surface area contributed by atoms with E-state index < -0.39 is 0 Å². The van der Waals surface area contributed by atoms with Crippen LogP contribution in [0.5, 0.6) is 0 Å². The summed E-state index contributed by atoms with van der Waals surface area (Å²) in [6, 6.07) is 8.24. The molecule has 0 amide bonds. The first-order valence-electron chi connectivity index (χ1n) is 3.81. The highest BCUT2D eigenvalue weighted by atomic mass is 79.9. The maximum atomic E-state index is 6.07. The number of halogens is 1. The van der Waals surface area contributed by atoms with Crippen molar-refractivity contribution in [3.63, 3.8) is 0 Å². The molecule has 0 aromatic carbocycles. The molecule has 13 heavy (non-hydrogen) atoms. The highest BCUT2D eigenvalue weighted by Gasteiger charge is 2.11. The molecule has 0 bridgehead atoms. The van der Waals surface area contributed by atoms with Gasteiger partial charge in [-0.05, 0) is 39.5 Å². The lowest BCUT2D eigenvalue weighted by molar-refractivity contribution is 0.917. The molecule has 1 nitrogen and oxygen atoms in total. The maximum absolute atomic E-state index is 6.07. The summed E-state index contributed by atoms with van der Waals surface area (Å²) in [6.07, 6.45) is 0. The molecule has 0 fully saturated rings. The van der Waals surface area contributed by atoms with Gasteiger partial charge in [0, 0.05) is 9.75 Å². The number of thiophene rings is 2. The van der Waals surface area contributed by atoms with Crippen LogP contribution in [-0.2, 0) is 0 Å². The lowest BCUT2D eigenvalue weighted by Crippen LogP contribution is -2.07. The number of hydrogen-bond donors (Lipinski definition) is 1. The fourth-order valence-electron chi connectivity index (χ4n) is 1.10. The zero-order valence-corrected chi connectivity index (χ0v) is 9.95. The summed E-state index contributed by atoms with van der Waals surface area (Å²) in [5.74, 6) is 0. The Kier molecular flexibility index (Phi) is 2.83. The van der Waals surface area contributed by atoms with Gasteiger partial charge in [0.05, 0.1) is 9.83 Å². The van der Waals surface area contributed by atoms with Crippen molar-refractivity contribution in [2.75, 3.05) is 0 Å². The van der Waals surface area contributed by atoms with E-state index in [1.165, 1.54) is 9.75 Å². The first-order chi connectivity index (χ1) is 6.27. The highest BCUT2D eigenvalue weighted by Crippen LogP contribution is 2.31. The van der Waals surface area contributed by atoms with Crippen LogP contribution < -0.4 is 5.73 Å². The minimum atomic E-state index is 0.0382. The van der Waals surface area contributed by atoms with Gasteiger partial charge in [-0.15, -0.1) is 22.7 Å². The van der Waals surface area contributed by atoms with E-state index >= 15 is 0 Å². The second kappa shape index (κ2) is 3.92. The van der Waals surface area contributed by atoms with E-state index in [0.717, 1.165) is 3.79 Å². The van der Waals surface area contributed by atoms with Crippen molar-refractivity contribution in [1.29, 1.82) is 0 Å². The predicted molar refractivity (Wildman–Crippen MR) is 62.4 cm³/mol. The van der Waals surface area contributed by atoms with Gasteiger partial charge < -0.3 is 5.73 Å². The Balaban J connectivity index is 2.28. The average molecular weight is 274 g/mol. The molecule has 0 spiro atoms.